The van der Waals surface area contributed by atoms with Crippen molar-refractivity contribution in [2.75, 3.05) is 0 Å². The molecule has 8 heteroatoms. The predicted molar refractivity (Wildman–Crippen MR) is 90.4 cm³/mol. The monoisotopic (exact) mass is 340 g/mol. The van der Waals surface area contributed by atoms with Gasteiger partial charge in [-0.05, 0) is 31.4 Å². The molecule has 2 aliphatic rings. The van der Waals surface area contributed by atoms with Crippen molar-refractivity contribution in [3.8, 4) is 5.00 Å². The molecule has 5 rings (SSSR count). The van der Waals surface area contributed by atoms with E-state index < -0.39 is 0 Å². The SMILES string of the molecule is O=C(N[C@@H]1C[C@H]2CC[C@@H]1N2)c1cc2sc(-n3cncn3)cc2cn1. The number of hydrogen-bond acceptors (Lipinski definition) is 6. The molecule has 7 nitrogen and oxygen atoms in total. The fourth-order valence-corrected chi connectivity index (χ4v) is 4.70. The highest BCUT2D eigenvalue weighted by Gasteiger charge is 2.39. The van der Waals surface area contributed by atoms with Crippen molar-refractivity contribution in [1.29, 1.82) is 0 Å². The number of thiophene rings is 1. The normalized spacial score (nSPS) is 25.4. The molecule has 1 amide bonds. The third-order valence-electron chi connectivity index (χ3n) is 4.88. The van der Waals surface area contributed by atoms with E-state index in [0.717, 1.165) is 27.9 Å². The van der Waals surface area contributed by atoms with Crippen LogP contribution in [0, 0.1) is 0 Å². The molecule has 2 fully saturated rings. The lowest BCUT2D eigenvalue weighted by Crippen LogP contribution is -2.43. The fourth-order valence-electron chi connectivity index (χ4n) is 3.70. The van der Waals surface area contributed by atoms with Crippen LogP contribution in [0.15, 0.2) is 31.0 Å². The van der Waals surface area contributed by atoms with E-state index >= 15 is 0 Å². The van der Waals surface area contributed by atoms with Gasteiger partial charge >= 0.3 is 0 Å². The largest absolute Gasteiger partial charge is 0.346 e. The predicted octanol–water partition coefficient (Wildman–Crippen LogP) is 1.50. The first-order valence-electron chi connectivity index (χ1n) is 8.08. The van der Waals surface area contributed by atoms with Crippen LogP contribution in [0.25, 0.3) is 15.1 Å². The third-order valence-corrected chi connectivity index (χ3v) is 5.97. The van der Waals surface area contributed by atoms with Gasteiger partial charge in [-0.15, -0.1) is 11.3 Å². The number of fused-ring (bicyclic) bond motifs is 3. The molecular weight excluding hydrogens is 324 g/mol. The number of pyridine rings is 1. The first-order valence-corrected chi connectivity index (χ1v) is 8.89. The molecule has 0 aromatic carbocycles. The molecule has 3 aromatic heterocycles. The van der Waals surface area contributed by atoms with Crippen LogP contribution in [0.4, 0.5) is 0 Å². The van der Waals surface area contributed by atoms with Crippen molar-refractivity contribution < 1.29 is 4.79 Å². The van der Waals surface area contributed by atoms with Gasteiger partial charge in [-0.2, -0.15) is 5.10 Å². The zero-order chi connectivity index (χ0) is 16.1. The van der Waals surface area contributed by atoms with Gasteiger partial charge in [0.25, 0.3) is 5.91 Å². The Bertz CT molecular complexity index is 905. The number of hydrogen-bond donors (Lipinski definition) is 2. The molecule has 0 spiro atoms. The molecule has 3 atom stereocenters. The number of aromatic nitrogens is 4. The molecule has 24 heavy (non-hydrogen) atoms. The molecule has 0 radical (unpaired) electrons. The van der Waals surface area contributed by atoms with E-state index in [0.29, 0.717) is 17.8 Å². The summed E-state index contributed by atoms with van der Waals surface area (Å²) in [6.07, 6.45) is 8.31. The summed E-state index contributed by atoms with van der Waals surface area (Å²) < 4.78 is 2.73. The van der Waals surface area contributed by atoms with Crippen LogP contribution in [0.2, 0.25) is 0 Å². The van der Waals surface area contributed by atoms with Crippen LogP contribution in [0.5, 0.6) is 0 Å². The van der Waals surface area contributed by atoms with E-state index in [1.165, 1.54) is 12.7 Å². The zero-order valence-electron chi connectivity index (χ0n) is 12.8. The lowest BCUT2D eigenvalue weighted by Gasteiger charge is -2.21. The van der Waals surface area contributed by atoms with Gasteiger partial charge in [0.05, 0.1) is 0 Å². The highest BCUT2D eigenvalue weighted by atomic mass is 32.1. The molecule has 2 bridgehead atoms. The van der Waals surface area contributed by atoms with Crippen molar-refractivity contribution in [3.05, 3.63) is 36.7 Å². The van der Waals surface area contributed by atoms with Crippen molar-refractivity contribution in [2.24, 2.45) is 0 Å². The maximum absolute atomic E-state index is 12.5. The maximum atomic E-state index is 12.5. The number of nitrogens with zero attached hydrogens (tertiary/aromatic N) is 4. The standard InChI is InChI=1S/C16H16N6OS/c23-16(21-12-4-10-1-2-11(12)20-10)13-5-14-9(6-18-13)3-15(24-14)22-8-17-7-19-22/h3,5-8,10-12,20H,1-2,4H2,(H,21,23)/t10-,11+,12-/m1/s1. The van der Waals surface area contributed by atoms with Crippen molar-refractivity contribution in [1.82, 2.24) is 30.4 Å². The average molecular weight is 340 g/mol. The topological polar surface area (TPSA) is 84.7 Å². The van der Waals surface area contributed by atoms with Gasteiger partial charge < -0.3 is 10.6 Å². The second-order valence-electron chi connectivity index (χ2n) is 6.40. The number of rotatable bonds is 3. The Hall–Kier alpha value is -2.32. The highest BCUT2D eigenvalue weighted by Crippen LogP contribution is 2.29. The summed E-state index contributed by atoms with van der Waals surface area (Å²) in [5.74, 6) is -0.0908. The molecule has 0 saturated carbocycles. The summed E-state index contributed by atoms with van der Waals surface area (Å²) in [7, 11) is 0. The summed E-state index contributed by atoms with van der Waals surface area (Å²) in [6.45, 7) is 0. The van der Waals surface area contributed by atoms with Gasteiger partial charge in [0.15, 0.2) is 0 Å². The van der Waals surface area contributed by atoms with Crippen molar-refractivity contribution in [3.63, 3.8) is 0 Å². The van der Waals surface area contributed by atoms with E-state index in [4.69, 9.17) is 0 Å². The Morgan fingerprint density at radius 2 is 2.33 bits per heavy atom. The molecule has 5 heterocycles. The Morgan fingerprint density at radius 1 is 1.38 bits per heavy atom. The van der Waals surface area contributed by atoms with Crippen LogP contribution in [0.1, 0.15) is 29.8 Å². The molecule has 3 aromatic rings. The fraction of sp³-hybridized carbons (Fsp3) is 0.375. The van der Waals surface area contributed by atoms with Gasteiger partial charge in [0.2, 0.25) is 0 Å². The average Bonchev–Trinajstić information content (AvgIpc) is 3.35. The molecule has 2 N–H and O–H groups in total. The second kappa shape index (κ2) is 5.35. The van der Waals surface area contributed by atoms with E-state index in [2.05, 4.69) is 25.7 Å². The van der Waals surface area contributed by atoms with Crippen LogP contribution < -0.4 is 10.6 Å². The number of carbonyl (C=O) groups is 1. The van der Waals surface area contributed by atoms with Crippen LogP contribution >= 0.6 is 11.3 Å². The second-order valence-corrected chi connectivity index (χ2v) is 7.46. The Labute approximate surface area is 142 Å². The Kier molecular flexibility index (Phi) is 3.14. The van der Waals surface area contributed by atoms with Crippen LogP contribution in [-0.4, -0.2) is 43.8 Å². The first kappa shape index (κ1) is 14.1. The quantitative estimate of drug-likeness (QED) is 0.755. The number of nitrogens with one attached hydrogen (secondary N) is 2. The van der Waals surface area contributed by atoms with E-state index in [9.17, 15) is 4.79 Å². The Balaban J connectivity index is 1.39. The minimum atomic E-state index is -0.0908. The van der Waals surface area contributed by atoms with Gasteiger partial charge in [0, 0.05) is 34.4 Å². The molecule has 0 aliphatic carbocycles. The summed E-state index contributed by atoms with van der Waals surface area (Å²) in [4.78, 5) is 20.8. The van der Waals surface area contributed by atoms with Gasteiger partial charge in [-0.1, -0.05) is 0 Å². The van der Waals surface area contributed by atoms with Gasteiger partial charge in [0.1, 0.15) is 23.3 Å². The lowest BCUT2D eigenvalue weighted by atomic mass is 9.95. The minimum Gasteiger partial charge on any atom is -0.346 e. The first-order chi connectivity index (χ1) is 11.8. The summed E-state index contributed by atoms with van der Waals surface area (Å²) in [5, 5.41) is 12.8. The number of amides is 1. The smallest absolute Gasteiger partial charge is 0.270 e. The summed E-state index contributed by atoms with van der Waals surface area (Å²) >= 11 is 1.57. The van der Waals surface area contributed by atoms with E-state index in [-0.39, 0.29) is 11.9 Å². The summed E-state index contributed by atoms with van der Waals surface area (Å²) in [6, 6.07) is 5.07. The molecule has 2 saturated heterocycles. The number of carbonyl (C=O) groups excluding carboxylic acids is 1. The molecule has 0 unspecified atom stereocenters. The zero-order valence-corrected chi connectivity index (χ0v) is 13.7. The maximum Gasteiger partial charge on any atom is 0.270 e. The highest BCUT2D eigenvalue weighted by molar-refractivity contribution is 7.21. The molecule has 122 valence electrons. The van der Waals surface area contributed by atoms with E-state index in [1.807, 2.05) is 12.1 Å². The van der Waals surface area contributed by atoms with Gasteiger partial charge in [-0.25, -0.2) is 9.67 Å². The minimum absolute atomic E-state index is 0.0908. The van der Waals surface area contributed by atoms with Crippen LogP contribution in [0.3, 0.4) is 0 Å². The van der Waals surface area contributed by atoms with Crippen molar-refractivity contribution >= 4 is 27.3 Å². The van der Waals surface area contributed by atoms with Gasteiger partial charge in [-0.3, -0.25) is 9.78 Å². The molecular formula is C16H16N6OS. The molecule has 2 aliphatic heterocycles. The lowest BCUT2D eigenvalue weighted by molar-refractivity contribution is 0.0926. The van der Waals surface area contributed by atoms with Crippen molar-refractivity contribution in [2.45, 2.75) is 37.4 Å². The van der Waals surface area contributed by atoms with Crippen LogP contribution in [-0.2, 0) is 0 Å². The Morgan fingerprint density at radius 3 is 3.08 bits per heavy atom. The third kappa shape index (κ3) is 2.30. The van der Waals surface area contributed by atoms with E-state index in [1.54, 1.807) is 28.5 Å². The summed E-state index contributed by atoms with van der Waals surface area (Å²) in [5.41, 5.74) is 0.470.